The van der Waals surface area contributed by atoms with Gasteiger partial charge in [-0.15, -0.1) is 0 Å². The number of oxazole rings is 1. The van der Waals surface area contributed by atoms with E-state index in [1.54, 1.807) is 7.11 Å². The largest absolute Gasteiger partial charge is 0.497 e. The third kappa shape index (κ3) is 4.39. The number of aromatic nitrogens is 1. The van der Waals surface area contributed by atoms with E-state index in [9.17, 15) is 0 Å². The molecule has 0 aliphatic carbocycles. The minimum absolute atomic E-state index is 0.707. The highest BCUT2D eigenvalue weighted by Crippen LogP contribution is 2.33. The van der Waals surface area contributed by atoms with E-state index in [1.165, 1.54) is 5.69 Å². The third-order valence-electron chi connectivity index (χ3n) is 5.90. The minimum Gasteiger partial charge on any atom is -0.497 e. The summed E-state index contributed by atoms with van der Waals surface area (Å²) in [6.07, 6.45) is 0. The molecule has 0 N–H and O–H groups in total. The lowest BCUT2D eigenvalue weighted by molar-refractivity contribution is 0.227. The summed E-state index contributed by atoms with van der Waals surface area (Å²) in [6.45, 7) is 4.55. The number of hydrogen-bond donors (Lipinski definition) is 0. The molecule has 1 aliphatic heterocycles. The van der Waals surface area contributed by atoms with Gasteiger partial charge in [-0.2, -0.15) is 0 Å². The maximum Gasteiger partial charge on any atom is 0.209 e. The van der Waals surface area contributed by atoms with Gasteiger partial charge in [0.2, 0.25) is 5.89 Å². The lowest BCUT2D eigenvalue weighted by atomic mass is 10.1. The molecule has 4 aromatic rings. The van der Waals surface area contributed by atoms with Gasteiger partial charge in [0, 0.05) is 49.1 Å². The fourth-order valence-electron chi connectivity index (χ4n) is 4.17. The summed E-state index contributed by atoms with van der Waals surface area (Å²) in [5, 5.41) is 0. The molecule has 5 nitrogen and oxygen atoms in total. The van der Waals surface area contributed by atoms with Crippen LogP contribution in [0.25, 0.3) is 22.6 Å². The van der Waals surface area contributed by atoms with Crippen LogP contribution in [0, 0.1) is 0 Å². The molecule has 0 amide bonds. The van der Waals surface area contributed by atoms with Gasteiger partial charge in [-0.05, 0) is 12.1 Å². The summed E-state index contributed by atoms with van der Waals surface area (Å²) in [5.74, 6) is 2.49. The van der Waals surface area contributed by atoms with Crippen molar-refractivity contribution in [1.82, 2.24) is 9.88 Å². The number of ether oxygens (including phenoxy) is 1. The fraction of sp³-hybridized carbons (Fsp3) is 0.222. The van der Waals surface area contributed by atoms with Crippen molar-refractivity contribution in [2.75, 3.05) is 38.2 Å². The van der Waals surface area contributed by atoms with Gasteiger partial charge in [-0.1, -0.05) is 66.7 Å². The summed E-state index contributed by atoms with van der Waals surface area (Å²) < 4.78 is 11.7. The summed E-state index contributed by atoms with van der Waals surface area (Å²) in [5.41, 5.74) is 4.23. The fourth-order valence-corrected chi connectivity index (χ4v) is 4.17. The van der Waals surface area contributed by atoms with Gasteiger partial charge in [0.25, 0.3) is 0 Å². The molecule has 0 radical (unpaired) electrons. The van der Waals surface area contributed by atoms with Crippen molar-refractivity contribution in [1.29, 1.82) is 0 Å². The maximum atomic E-state index is 6.32. The average molecular weight is 426 g/mol. The van der Waals surface area contributed by atoms with Crippen LogP contribution >= 0.6 is 0 Å². The zero-order valence-electron chi connectivity index (χ0n) is 18.3. The summed E-state index contributed by atoms with van der Waals surface area (Å²) in [7, 11) is 1.71. The molecule has 1 aliphatic rings. The summed E-state index contributed by atoms with van der Waals surface area (Å²) >= 11 is 0. The predicted octanol–water partition coefficient (Wildman–Crippen LogP) is 5.34. The van der Waals surface area contributed by atoms with Crippen LogP contribution in [0.15, 0.2) is 89.3 Å². The molecule has 32 heavy (non-hydrogen) atoms. The molecule has 0 spiro atoms. The van der Waals surface area contributed by atoms with E-state index in [1.807, 2.05) is 48.5 Å². The topological polar surface area (TPSA) is 41.7 Å². The predicted molar refractivity (Wildman–Crippen MR) is 128 cm³/mol. The van der Waals surface area contributed by atoms with Gasteiger partial charge in [0.15, 0.2) is 5.76 Å². The first-order chi connectivity index (χ1) is 15.8. The zero-order valence-corrected chi connectivity index (χ0v) is 18.3. The van der Waals surface area contributed by atoms with Crippen LogP contribution in [0.2, 0.25) is 0 Å². The highest BCUT2D eigenvalue weighted by Gasteiger charge is 2.22. The maximum absolute atomic E-state index is 6.32. The Bertz CT molecular complexity index is 1090. The highest BCUT2D eigenvalue weighted by molar-refractivity contribution is 5.76. The van der Waals surface area contributed by atoms with E-state index in [-0.39, 0.29) is 0 Å². The number of rotatable bonds is 6. The molecule has 162 valence electrons. The number of hydrogen-bond acceptors (Lipinski definition) is 5. The van der Waals surface area contributed by atoms with Crippen LogP contribution in [-0.2, 0) is 6.54 Å². The molecule has 5 heteroatoms. The van der Waals surface area contributed by atoms with Gasteiger partial charge < -0.3 is 14.1 Å². The Morgan fingerprint density at radius 3 is 2.19 bits per heavy atom. The van der Waals surface area contributed by atoms with Crippen LogP contribution < -0.4 is 9.64 Å². The molecule has 0 saturated carbocycles. The molecule has 3 aromatic carbocycles. The van der Waals surface area contributed by atoms with E-state index < -0.39 is 0 Å². The van der Waals surface area contributed by atoms with E-state index in [0.717, 1.165) is 60.4 Å². The zero-order chi connectivity index (χ0) is 21.8. The third-order valence-corrected chi connectivity index (χ3v) is 5.90. The standard InChI is InChI=1S/C27H27N3O2/c1-31-24-14-8-13-23(19-24)30-17-15-29(16-18-30)20-25-28-26(21-9-4-2-5-10-21)27(32-25)22-11-6-3-7-12-22/h2-14,19H,15-18,20H2,1H3. The van der Waals surface area contributed by atoms with Crippen LogP contribution in [-0.4, -0.2) is 43.2 Å². The lowest BCUT2D eigenvalue weighted by Crippen LogP contribution is -2.46. The van der Waals surface area contributed by atoms with Crippen molar-refractivity contribution in [3.63, 3.8) is 0 Å². The molecule has 0 bridgehead atoms. The Kier molecular flexibility index (Phi) is 5.90. The first kappa shape index (κ1) is 20.3. The first-order valence-electron chi connectivity index (χ1n) is 11.0. The molecule has 1 fully saturated rings. The minimum atomic E-state index is 0.707. The van der Waals surface area contributed by atoms with E-state index in [0.29, 0.717) is 6.54 Å². The van der Waals surface area contributed by atoms with Gasteiger partial charge in [0.1, 0.15) is 11.4 Å². The molecular weight excluding hydrogens is 398 g/mol. The second-order valence-corrected chi connectivity index (χ2v) is 7.98. The summed E-state index contributed by atoms with van der Waals surface area (Å²) in [4.78, 5) is 9.72. The SMILES string of the molecule is COc1cccc(N2CCN(Cc3nc(-c4ccccc4)c(-c4ccccc4)o3)CC2)c1. The normalized spacial score (nSPS) is 14.5. The number of methoxy groups -OCH3 is 1. The second-order valence-electron chi connectivity index (χ2n) is 7.98. The molecule has 2 heterocycles. The smallest absolute Gasteiger partial charge is 0.209 e. The van der Waals surface area contributed by atoms with Crippen LogP contribution in [0.4, 0.5) is 5.69 Å². The number of benzene rings is 3. The molecule has 0 atom stereocenters. The van der Waals surface area contributed by atoms with E-state index >= 15 is 0 Å². The van der Waals surface area contributed by atoms with Crippen LogP contribution in [0.1, 0.15) is 5.89 Å². The van der Waals surface area contributed by atoms with E-state index in [4.69, 9.17) is 14.1 Å². The van der Waals surface area contributed by atoms with Gasteiger partial charge in [-0.25, -0.2) is 4.98 Å². The van der Waals surface area contributed by atoms with Crippen molar-refractivity contribution >= 4 is 5.69 Å². The van der Waals surface area contributed by atoms with Crippen LogP contribution in [0.3, 0.4) is 0 Å². The van der Waals surface area contributed by atoms with Gasteiger partial charge in [-0.3, -0.25) is 4.90 Å². The average Bonchev–Trinajstić information content (AvgIpc) is 3.29. The van der Waals surface area contributed by atoms with E-state index in [2.05, 4.69) is 46.2 Å². The van der Waals surface area contributed by atoms with Crippen molar-refractivity contribution < 1.29 is 9.15 Å². The second kappa shape index (κ2) is 9.28. The molecular formula is C27H27N3O2. The van der Waals surface area contributed by atoms with Gasteiger partial charge in [0.05, 0.1) is 13.7 Å². The Hall–Kier alpha value is -3.57. The lowest BCUT2D eigenvalue weighted by Gasteiger charge is -2.35. The van der Waals surface area contributed by atoms with Crippen molar-refractivity contribution in [2.24, 2.45) is 0 Å². The van der Waals surface area contributed by atoms with Crippen molar-refractivity contribution in [2.45, 2.75) is 6.54 Å². The quantitative estimate of drug-likeness (QED) is 0.417. The molecule has 1 saturated heterocycles. The van der Waals surface area contributed by atoms with Crippen LogP contribution in [0.5, 0.6) is 5.75 Å². The monoisotopic (exact) mass is 425 g/mol. The Morgan fingerprint density at radius 2 is 1.50 bits per heavy atom. The molecule has 5 rings (SSSR count). The molecule has 1 aromatic heterocycles. The molecule has 0 unspecified atom stereocenters. The highest BCUT2D eigenvalue weighted by atomic mass is 16.5. The Labute approximate surface area is 188 Å². The van der Waals surface area contributed by atoms with Crippen molar-refractivity contribution in [3.05, 3.63) is 90.8 Å². The Balaban J connectivity index is 1.32. The number of anilines is 1. The number of nitrogens with zero attached hydrogens (tertiary/aromatic N) is 3. The summed E-state index contributed by atoms with van der Waals surface area (Å²) in [6, 6.07) is 28.8. The first-order valence-corrected chi connectivity index (χ1v) is 11.0. The van der Waals surface area contributed by atoms with Gasteiger partial charge >= 0.3 is 0 Å². The number of piperazine rings is 1. The van der Waals surface area contributed by atoms with Crippen molar-refractivity contribution in [3.8, 4) is 28.3 Å². The Morgan fingerprint density at radius 1 is 0.812 bits per heavy atom.